The van der Waals surface area contributed by atoms with Crippen molar-refractivity contribution >= 4 is 0 Å². The quantitative estimate of drug-likeness (QED) is 0.687. The van der Waals surface area contributed by atoms with E-state index in [0.29, 0.717) is 0 Å². The molecule has 15 heavy (non-hydrogen) atoms. The van der Waals surface area contributed by atoms with Crippen molar-refractivity contribution in [1.29, 1.82) is 0 Å². The molecule has 0 aliphatic heterocycles. The highest BCUT2D eigenvalue weighted by Crippen LogP contribution is 2.36. The molecule has 0 atom stereocenters. The first-order chi connectivity index (χ1) is 6.99. The van der Waals surface area contributed by atoms with Gasteiger partial charge in [0.1, 0.15) is 5.75 Å². The second-order valence-electron chi connectivity index (χ2n) is 2.79. The summed E-state index contributed by atoms with van der Waals surface area (Å²) in [7, 11) is 0. The predicted molar refractivity (Wildman–Crippen MR) is 50.5 cm³/mol. The van der Waals surface area contributed by atoms with E-state index in [-0.39, 0.29) is 17.9 Å². The number of hydrogen-bond donors (Lipinski definition) is 0. The fourth-order valence-corrected chi connectivity index (χ4v) is 1.12. The third-order valence-electron chi connectivity index (χ3n) is 1.75. The smallest absolute Gasteiger partial charge is 0.420 e. The van der Waals surface area contributed by atoms with Crippen LogP contribution in [0, 0.1) is 12.3 Å². The SMILES string of the molecule is C#Cc1ccc(OCC)c(C(F)(F)F)c1. The summed E-state index contributed by atoms with van der Waals surface area (Å²) in [5.41, 5.74) is -0.648. The van der Waals surface area contributed by atoms with Crippen LogP contribution in [0.15, 0.2) is 18.2 Å². The van der Waals surface area contributed by atoms with Gasteiger partial charge < -0.3 is 4.74 Å². The molecule has 0 heterocycles. The highest BCUT2D eigenvalue weighted by Gasteiger charge is 2.34. The standard InChI is InChI=1S/C11H9F3O/c1-3-8-5-6-10(15-4-2)9(7-8)11(12,13)14/h1,5-7H,4H2,2H3. The zero-order chi connectivity index (χ0) is 11.5. The minimum absolute atomic E-state index is 0.179. The first-order valence-electron chi connectivity index (χ1n) is 4.29. The Hall–Kier alpha value is -1.63. The molecule has 80 valence electrons. The monoisotopic (exact) mass is 214 g/mol. The Labute approximate surface area is 85.9 Å². The lowest BCUT2D eigenvalue weighted by Gasteiger charge is -2.13. The van der Waals surface area contributed by atoms with Gasteiger partial charge in [0.05, 0.1) is 12.2 Å². The van der Waals surface area contributed by atoms with Crippen LogP contribution in [0.1, 0.15) is 18.1 Å². The normalized spacial score (nSPS) is 10.9. The van der Waals surface area contributed by atoms with Crippen molar-refractivity contribution in [3.8, 4) is 18.1 Å². The number of rotatable bonds is 2. The molecule has 0 N–H and O–H groups in total. The van der Waals surface area contributed by atoms with Gasteiger partial charge in [-0.1, -0.05) is 5.92 Å². The summed E-state index contributed by atoms with van der Waals surface area (Å²) >= 11 is 0. The van der Waals surface area contributed by atoms with Crippen LogP contribution in [0.2, 0.25) is 0 Å². The number of benzene rings is 1. The van der Waals surface area contributed by atoms with Gasteiger partial charge in [-0.2, -0.15) is 13.2 Å². The largest absolute Gasteiger partial charge is 0.493 e. The van der Waals surface area contributed by atoms with Gasteiger partial charge in [0.15, 0.2) is 0 Å². The molecule has 0 spiro atoms. The molecule has 0 saturated carbocycles. The molecule has 1 rings (SSSR count). The van der Waals surface area contributed by atoms with Crippen molar-refractivity contribution in [3.05, 3.63) is 29.3 Å². The van der Waals surface area contributed by atoms with Gasteiger partial charge in [0.25, 0.3) is 0 Å². The third-order valence-corrected chi connectivity index (χ3v) is 1.75. The Morgan fingerprint density at radius 2 is 2.07 bits per heavy atom. The summed E-state index contributed by atoms with van der Waals surface area (Å²) in [6, 6.07) is 3.56. The van der Waals surface area contributed by atoms with Gasteiger partial charge in [0.2, 0.25) is 0 Å². The van der Waals surface area contributed by atoms with E-state index in [1.807, 2.05) is 0 Å². The molecular weight excluding hydrogens is 205 g/mol. The number of terminal acetylenes is 1. The van der Waals surface area contributed by atoms with Crippen LogP contribution in [-0.4, -0.2) is 6.61 Å². The molecule has 1 aromatic rings. The average Bonchev–Trinajstić information content (AvgIpc) is 2.17. The Morgan fingerprint density at radius 3 is 2.53 bits per heavy atom. The molecule has 0 unspecified atom stereocenters. The van der Waals surface area contributed by atoms with Crippen LogP contribution < -0.4 is 4.74 Å². The predicted octanol–water partition coefficient (Wildman–Crippen LogP) is 3.09. The van der Waals surface area contributed by atoms with E-state index in [1.165, 1.54) is 12.1 Å². The van der Waals surface area contributed by atoms with E-state index in [4.69, 9.17) is 11.2 Å². The number of hydrogen-bond acceptors (Lipinski definition) is 1. The summed E-state index contributed by atoms with van der Waals surface area (Å²) in [6.07, 6.45) is 0.581. The third kappa shape index (κ3) is 2.66. The maximum atomic E-state index is 12.5. The van der Waals surface area contributed by atoms with Crippen molar-refractivity contribution < 1.29 is 17.9 Å². The van der Waals surface area contributed by atoms with E-state index in [0.717, 1.165) is 6.07 Å². The molecule has 0 amide bonds. The van der Waals surface area contributed by atoms with E-state index < -0.39 is 11.7 Å². The molecule has 1 aromatic carbocycles. The Morgan fingerprint density at radius 1 is 1.40 bits per heavy atom. The minimum atomic E-state index is -4.45. The van der Waals surface area contributed by atoms with Gasteiger partial charge in [-0.25, -0.2) is 0 Å². The van der Waals surface area contributed by atoms with E-state index in [9.17, 15) is 13.2 Å². The summed E-state index contributed by atoms with van der Waals surface area (Å²) < 4.78 is 42.5. The molecule has 0 radical (unpaired) electrons. The minimum Gasteiger partial charge on any atom is -0.493 e. The molecule has 0 aromatic heterocycles. The zero-order valence-corrected chi connectivity index (χ0v) is 8.06. The molecule has 4 heteroatoms. The van der Waals surface area contributed by atoms with Gasteiger partial charge in [-0.15, -0.1) is 6.42 Å². The van der Waals surface area contributed by atoms with Gasteiger partial charge in [-0.3, -0.25) is 0 Å². The molecular formula is C11H9F3O. The summed E-state index contributed by atoms with van der Waals surface area (Å²) in [5.74, 6) is 1.96. The number of ether oxygens (including phenoxy) is 1. The zero-order valence-electron chi connectivity index (χ0n) is 8.06. The fraction of sp³-hybridized carbons (Fsp3) is 0.273. The van der Waals surface area contributed by atoms with Crippen molar-refractivity contribution in [2.24, 2.45) is 0 Å². The Kier molecular flexibility index (Phi) is 3.25. The molecule has 0 bridgehead atoms. The summed E-state index contributed by atoms with van der Waals surface area (Å²) in [6.45, 7) is 1.80. The second-order valence-corrected chi connectivity index (χ2v) is 2.79. The van der Waals surface area contributed by atoms with E-state index in [1.54, 1.807) is 6.92 Å². The van der Waals surface area contributed by atoms with Crippen molar-refractivity contribution in [2.45, 2.75) is 13.1 Å². The van der Waals surface area contributed by atoms with Crippen molar-refractivity contribution in [3.63, 3.8) is 0 Å². The molecule has 0 aliphatic carbocycles. The number of alkyl halides is 3. The lowest BCUT2D eigenvalue weighted by molar-refractivity contribution is -0.138. The fourth-order valence-electron chi connectivity index (χ4n) is 1.12. The van der Waals surface area contributed by atoms with Crippen LogP contribution in [0.5, 0.6) is 5.75 Å². The first kappa shape index (κ1) is 11.4. The Balaban J connectivity index is 3.24. The average molecular weight is 214 g/mol. The van der Waals surface area contributed by atoms with Gasteiger partial charge >= 0.3 is 6.18 Å². The highest BCUT2D eigenvalue weighted by atomic mass is 19.4. The van der Waals surface area contributed by atoms with Crippen molar-refractivity contribution in [2.75, 3.05) is 6.61 Å². The van der Waals surface area contributed by atoms with Crippen molar-refractivity contribution in [1.82, 2.24) is 0 Å². The topological polar surface area (TPSA) is 9.23 Å². The van der Waals surface area contributed by atoms with Crippen LogP contribution >= 0.6 is 0 Å². The van der Waals surface area contributed by atoms with E-state index in [2.05, 4.69) is 5.92 Å². The molecule has 0 saturated heterocycles. The lowest BCUT2D eigenvalue weighted by atomic mass is 10.1. The van der Waals surface area contributed by atoms with Gasteiger partial charge in [-0.05, 0) is 25.1 Å². The summed E-state index contributed by atoms with van der Waals surface area (Å²) in [4.78, 5) is 0. The maximum Gasteiger partial charge on any atom is 0.420 e. The summed E-state index contributed by atoms with van der Waals surface area (Å²) in [5, 5.41) is 0. The second kappa shape index (κ2) is 4.26. The van der Waals surface area contributed by atoms with Crippen LogP contribution in [0.3, 0.4) is 0 Å². The van der Waals surface area contributed by atoms with Gasteiger partial charge in [0, 0.05) is 5.56 Å². The maximum absolute atomic E-state index is 12.5. The number of halogens is 3. The first-order valence-corrected chi connectivity index (χ1v) is 4.29. The van der Waals surface area contributed by atoms with E-state index >= 15 is 0 Å². The molecule has 1 nitrogen and oxygen atoms in total. The Bertz CT molecular complexity index is 388. The van der Waals surface area contributed by atoms with Crippen LogP contribution in [-0.2, 0) is 6.18 Å². The molecule has 0 fully saturated rings. The van der Waals surface area contributed by atoms with Crippen LogP contribution in [0.4, 0.5) is 13.2 Å². The lowest BCUT2D eigenvalue weighted by Crippen LogP contribution is -2.09. The van der Waals surface area contributed by atoms with Crippen LogP contribution in [0.25, 0.3) is 0 Å². The highest BCUT2D eigenvalue weighted by molar-refractivity contribution is 5.44. The molecule has 0 aliphatic rings.